The third kappa shape index (κ3) is 1.89. The molecule has 2 aromatic rings. The van der Waals surface area contributed by atoms with Crippen molar-refractivity contribution in [3.05, 3.63) is 41.2 Å². The molecule has 0 aliphatic carbocycles. The number of aryl methyl sites for hydroxylation is 2. The molecule has 0 radical (unpaired) electrons. The number of hydrogen-bond acceptors (Lipinski definition) is 3. The molecule has 1 N–H and O–H groups in total. The largest absolute Gasteiger partial charge is 0.390 e. The molecular weight excluding hydrogens is 190 g/mol. The average Bonchev–Trinajstić information content (AvgIpc) is 2.63. The summed E-state index contributed by atoms with van der Waals surface area (Å²) >= 11 is 0. The predicted molar refractivity (Wildman–Crippen MR) is 56.8 cm³/mol. The van der Waals surface area contributed by atoms with E-state index in [-0.39, 0.29) is 6.61 Å². The topological polar surface area (TPSA) is 50.9 Å². The van der Waals surface area contributed by atoms with E-state index in [0.29, 0.717) is 5.69 Å². The third-order valence-electron chi connectivity index (χ3n) is 2.23. The van der Waals surface area contributed by atoms with Crippen LogP contribution in [0, 0.1) is 13.8 Å². The number of aliphatic hydroxyl groups excluding tert-OH is 1. The van der Waals surface area contributed by atoms with Gasteiger partial charge in [0.2, 0.25) is 0 Å². The van der Waals surface area contributed by atoms with E-state index in [1.807, 2.05) is 26.0 Å². The van der Waals surface area contributed by atoms with Crippen molar-refractivity contribution < 1.29 is 5.11 Å². The molecule has 0 amide bonds. The van der Waals surface area contributed by atoms with E-state index in [9.17, 15) is 0 Å². The molecule has 0 bridgehead atoms. The van der Waals surface area contributed by atoms with Crippen LogP contribution in [0.1, 0.15) is 16.8 Å². The molecule has 0 atom stereocenters. The van der Waals surface area contributed by atoms with Gasteiger partial charge in [-0.15, -0.1) is 5.10 Å². The van der Waals surface area contributed by atoms with Crippen molar-refractivity contribution in [2.75, 3.05) is 0 Å². The number of benzene rings is 1. The smallest absolute Gasteiger partial charge is 0.0900 e. The van der Waals surface area contributed by atoms with Crippen LogP contribution in [-0.4, -0.2) is 20.1 Å². The second-order valence-electron chi connectivity index (χ2n) is 3.64. The number of hydrogen-bond donors (Lipinski definition) is 1. The van der Waals surface area contributed by atoms with Crippen LogP contribution in [0.5, 0.6) is 0 Å². The summed E-state index contributed by atoms with van der Waals surface area (Å²) in [6, 6.07) is 6.13. The minimum atomic E-state index is -0.0556. The summed E-state index contributed by atoms with van der Waals surface area (Å²) in [7, 11) is 0. The Morgan fingerprint density at radius 1 is 1.20 bits per heavy atom. The van der Waals surface area contributed by atoms with Gasteiger partial charge < -0.3 is 5.11 Å². The van der Waals surface area contributed by atoms with Crippen LogP contribution in [0.3, 0.4) is 0 Å². The summed E-state index contributed by atoms with van der Waals surface area (Å²) in [5.41, 5.74) is 3.97. The van der Waals surface area contributed by atoms with Gasteiger partial charge >= 0.3 is 0 Å². The fourth-order valence-electron chi connectivity index (χ4n) is 1.65. The molecular formula is C11H13N3O. The Morgan fingerprint density at radius 2 is 1.87 bits per heavy atom. The van der Waals surface area contributed by atoms with E-state index >= 15 is 0 Å². The molecule has 1 aromatic heterocycles. The van der Waals surface area contributed by atoms with Gasteiger partial charge in [0.05, 0.1) is 24.2 Å². The zero-order valence-electron chi connectivity index (χ0n) is 8.81. The fourth-order valence-corrected chi connectivity index (χ4v) is 1.65. The van der Waals surface area contributed by atoms with E-state index in [0.717, 1.165) is 5.69 Å². The Hall–Kier alpha value is -1.68. The molecule has 0 saturated heterocycles. The lowest BCUT2D eigenvalue weighted by Crippen LogP contribution is -2.02. The maximum absolute atomic E-state index is 9.11. The highest BCUT2D eigenvalue weighted by Crippen LogP contribution is 2.14. The van der Waals surface area contributed by atoms with Gasteiger partial charge in [-0.3, -0.25) is 0 Å². The highest BCUT2D eigenvalue weighted by Gasteiger charge is 2.05. The number of aromatic nitrogens is 3. The lowest BCUT2D eigenvalue weighted by molar-refractivity contribution is 0.273. The van der Waals surface area contributed by atoms with E-state index in [1.165, 1.54) is 11.1 Å². The van der Waals surface area contributed by atoms with Gasteiger partial charge in [-0.2, -0.15) is 0 Å². The molecule has 78 valence electrons. The van der Waals surface area contributed by atoms with Gasteiger partial charge in [-0.25, -0.2) is 4.68 Å². The van der Waals surface area contributed by atoms with Gasteiger partial charge in [0.25, 0.3) is 0 Å². The maximum atomic E-state index is 9.11. The van der Waals surface area contributed by atoms with Gasteiger partial charge in [0.1, 0.15) is 0 Å². The first kappa shape index (κ1) is 9.86. The van der Waals surface area contributed by atoms with Gasteiger partial charge in [0.15, 0.2) is 0 Å². The lowest BCUT2D eigenvalue weighted by Gasteiger charge is -2.06. The molecule has 15 heavy (non-hydrogen) atoms. The van der Waals surface area contributed by atoms with Crippen LogP contribution in [0.15, 0.2) is 24.4 Å². The average molecular weight is 203 g/mol. The second kappa shape index (κ2) is 3.82. The zero-order chi connectivity index (χ0) is 10.8. The van der Waals surface area contributed by atoms with E-state index < -0.39 is 0 Å². The summed E-state index contributed by atoms with van der Waals surface area (Å²) in [6.45, 7) is 4.01. The quantitative estimate of drug-likeness (QED) is 0.802. The Morgan fingerprint density at radius 3 is 2.47 bits per heavy atom. The third-order valence-corrected chi connectivity index (χ3v) is 2.23. The number of aliphatic hydroxyl groups is 1. The molecule has 0 fully saturated rings. The van der Waals surface area contributed by atoms with Gasteiger partial charge in [-0.1, -0.05) is 11.3 Å². The van der Waals surface area contributed by atoms with Crippen molar-refractivity contribution in [2.24, 2.45) is 0 Å². The molecule has 1 aromatic carbocycles. The summed E-state index contributed by atoms with van der Waals surface area (Å²) < 4.78 is 1.65. The maximum Gasteiger partial charge on any atom is 0.0900 e. The Labute approximate surface area is 88.2 Å². The van der Waals surface area contributed by atoms with Crippen molar-refractivity contribution in [3.63, 3.8) is 0 Å². The lowest BCUT2D eigenvalue weighted by atomic mass is 10.1. The van der Waals surface area contributed by atoms with Crippen molar-refractivity contribution in [2.45, 2.75) is 20.5 Å². The van der Waals surface area contributed by atoms with Crippen LogP contribution >= 0.6 is 0 Å². The number of nitrogens with zero attached hydrogens (tertiary/aromatic N) is 3. The minimum absolute atomic E-state index is 0.0556. The van der Waals surface area contributed by atoms with Gasteiger partial charge in [-0.05, 0) is 37.1 Å². The normalized spacial score (nSPS) is 10.6. The highest BCUT2D eigenvalue weighted by atomic mass is 16.3. The van der Waals surface area contributed by atoms with Crippen molar-refractivity contribution in [1.82, 2.24) is 15.0 Å². The first-order chi connectivity index (χ1) is 7.20. The molecule has 0 aliphatic heterocycles. The molecule has 2 rings (SSSR count). The molecule has 4 nitrogen and oxygen atoms in total. The minimum Gasteiger partial charge on any atom is -0.390 e. The van der Waals surface area contributed by atoms with Crippen LogP contribution in [0.2, 0.25) is 0 Å². The Balaban J connectivity index is 2.53. The summed E-state index contributed by atoms with van der Waals surface area (Å²) in [4.78, 5) is 0. The summed E-state index contributed by atoms with van der Waals surface area (Å²) in [6.07, 6.45) is 1.57. The second-order valence-corrected chi connectivity index (χ2v) is 3.64. The van der Waals surface area contributed by atoms with Gasteiger partial charge in [0, 0.05) is 0 Å². The van der Waals surface area contributed by atoms with Crippen molar-refractivity contribution >= 4 is 0 Å². The van der Waals surface area contributed by atoms with Crippen LogP contribution < -0.4 is 0 Å². The van der Waals surface area contributed by atoms with E-state index in [1.54, 1.807) is 10.9 Å². The number of rotatable bonds is 2. The predicted octanol–water partition coefficient (Wildman–Crippen LogP) is 1.38. The van der Waals surface area contributed by atoms with Crippen LogP contribution in [-0.2, 0) is 6.61 Å². The van der Waals surface area contributed by atoms with Crippen LogP contribution in [0.4, 0.5) is 0 Å². The summed E-state index contributed by atoms with van der Waals surface area (Å²) in [5.74, 6) is 0. The first-order valence-corrected chi connectivity index (χ1v) is 4.80. The van der Waals surface area contributed by atoms with Crippen molar-refractivity contribution in [3.8, 4) is 5.69 Å². The molecule has 0 unspecified atom stereocenters. The summed E-state index contributed by atoms with van der Waals surface area (Å²) in [5, 5.41) is 16.8. The van der Waals surface area contributed by atoms with E-state index in [2.05, 4.69) is 16.4 Å². The molecule has 0 spiro atoms. The Bertz CT molecular complexity index is 456. The van der Waals surface area contributed by atoms with Crippen LogP contribution in [0.25, 0.3) is 5.69 Å². The fraction of sp³-hybridized carbons (Fsp3) is 0.273. The molecule has 0 saturated carbocycles. The van der Waals surface area contributed by atoms with Crippen molar-refractivity contribution in [1.29, 1.82) is 0 Å². The molecule has 0 aliphatic rings. The first-order valence-electron chi connectivity index (χ1n) is 4.80. The SMILES string of the molecule is Cc1cc(C)cc(-n2nncc2CO)c1. The highest BCUT2D eigenvalue weighted by molar-refractivity contribution is 5.39. The monoisotopic (exact) mass is 203 g/mol. The standard InChI is InChI=1S/C11H13N3O/c1-8-3-9(2)5-10(4-8)14-11(7-15)6-12-13-14/h3-6,15H,7H2,1-2H3. The Kier molecular flexibility index (Phi) is 2.51. The van der Waals surface area contributed by atoms with E-state index in [4.69, 9.17) is 5.11 Å². The molecule has 1 heterocycles. The molecule has 4 heteroatoms. The zero-order valence-corrected chi connectivity index (χ0v) is 8.81.